The molecule has 0 fully saturated rings. The minimum Gasteiger partial charge on any atom is -0.478 e. The van der Waals surface area contributed by atoms with Crippen LogP contribution in [0.1, 0.15) is 17.3 Å². The van der Waals surface area contributed by atoms with Gasteiger partial charge in [-0.3, -0.25) is 0 Å². The standard InChI is InChI=1S/C11H13NO2/c1-3-8-12(2)10-6-4-9(5-7-10)11(13)14/h3-8H,1-2H3,(H,13,14)/b8-3-. The van der Waals surface area contributed by atoms with E-state index in [2.05, 4.69) is 0 Å². The molecule has 1 aromatic carbocycles. The zero-order valence-corrected chi connectivity index (χ0v) is 8.27. The third-order valence-corrected chi connectivity index (χ3v) is 1.89. The minimum absolute atomic E-state index is 0.308. The summed E-state index contributed by atoms with van der Waals surface area (Å²) in [6, 6.07) is 6.75. The summed E-state index contributed by atoms with van der Waals surface area (Å²) in [4.78, 5) is 12.5. The summed E-state index contributed by atoms with van der Waals surface area (Å²) in [6.07, 6.45) is 3.83. The van der Waals surface area contributed by atoms with E-state index in [9.17, 15) is 4.79 Å². The smallest absolute Gasteiger partial charge is 0.335 e. The summed E-state index contributed by atoms with van der Waals surface area (Å²) in [5.74, 6) is -0.898. The van der Waals surface area contributed by atoms with Crippen molar-refractivity contribution in [3.05, 3.63) is 42.1 Å². The van der Waals surface area contributed by atoms with E-state index in [1.54, 1.807) is 24.3 Å². The fraction of sp³-hybridized carbons (Fsp3) is 0.182. The minimum atomic E-state index is -0.898. The van der Waals surface area contributed by atoms with Crippen LogP contribution in [0.25, 0.3) is 0 Å². The molecule has 0 bridgehead atoms. The lowest BCUT2D eigenvalue weighted by atomic mass is 10.2. The average Bonchev–Trinajstić information content (AvgIpc) is 2.18. The monoisotopic (exact) mass is 191 g/mol. The molecule has 0 saturated carbocycles. The van der Waals surface area contributed by atoms with E-state index in [0.29, 0.717) is 5.56 Å². The number of benzene rings is 1. The van der Waals surface area contributed by atoms with Crippen LogP contribution in [-0.2, 0) is 0 Å². The van der Waals surface area contributed by atoms with E-state index < -0.39 is 5.97 Å². The fourth-order valence-corrected chi connectivity index (χ4v) is 1.15. The van der Waals surface area contributed by atoms with Crippen molar-refractivity contribution < 1.29 is 9.90 Å². The molecule has 14 heavy (non-hydrogen) atoms. The topological polar surface area (TPSA) is 40.5 Å². The summed E-state index contributed by atoms with van der Waals surface area (Å²) in [5.41, 5.74) is 1.27. The molecule has 0 aliphatic carbocycles. The molecule has 0 radical (unpaired) electrons. The van der Waals surface area contributed by atoms with Gasteiger partial charge in [-0.15, -0.1) is 0 Å². The zero-order valence-electron chi connectivity index (χ0n) is 8.27. The van der Waals surface area contributed by atoms with Gasteiger partial charge in [0.1, 0.15) is 0 Å². The number of carboxylic acids is 1. The Balaban J connectivity index is 2.88. The van der Waals surface area contributed by atoms with Gasteiger partial charge in [0, 0.05) is 12.7 Å². The molecule has 1 rings (SSSR count). The van der Waals surface area contributed by atoms with E-state index in [4.69, 9.17) is 5.11 Å². The van der Waals surface area contributed by atoms with E-state index in [1.165, 1.54) is 0 Å². The van der Waals surface area contributed by atoms with Gasteiger partial charge < -0.3 is 10.0 Å². The van der Waals surface area contributed by atoms with Gasteiger partial charge in [0.25, 0.3) is 0 Å². The SMILES string of the molecule is C/C=C\N(C)c1ccc(C(=O)O)cc1. The molecular weight excluding hydrogens is 178 g/mol. The lowest BCUT2D eigenvalue weighted by Crippen LogP contribution is -2.07. The highest BCUT2D eigenvalue weighted by molar-refractivity contribution is 5.88. The molecule has 3 heteroatoms. The second-order valence-corrected chi connectivity index (χ2v) is 2.95. The van der Waals surface area contributed by atoms with Gasteiger partial charge in [-0.25, -0.2) is 4.79 Å². The second kappa shape index (κ2) is 4.46. The maximum Gasteiger partial charge on any atom is 0.335 e. The van der Waals surface area contributed by atoms with Crippen molar-refractivity contribution in [1.82, 2.24) is 0 Å². The quantitative estimate of drug-likeness (QED) is 0.797. The number of hydrogen-bond donors (Lipinski definition) is 1. The summed E-state index contributed by atoms with van der Waals surface area (Å²) < 4.78 is 0. The second-order valence-electron chi connectivity index (χ2n) is 2.95. The molecule has 3 nitrogen and oxygen atoms in total. The lowest BCUT2D eigenvalue weighted by Gasteiger charge is -2.13. The predicted octanol–water partition coefficient (Wildman–Crippen LogP) is 2.35. The Morgan fingerprint density at radius 1 is 1.36 bits per heavy atom. The first-order valence-corrected chi connectivity index (χ1v) is 4.34. The molecule has 0 aromatic heterocycles. The number of anilines is 1. The maximum atomic E-state index is 10.6. The van der Waals surface area contributed by atoms with Gasteiger partial charge in [0.15, 0.2) is 0 Å². The molecule has 0 spiro atoms. The summed E-state index contributed by atoms with van der Waals surface area (Å²) in [6.45, 7) is 1.93. The number of carbonyl (C=O) groups is 1. The molecular formula is C11H13NO2. The van der Waals surface area contributed by atoms with Gasteiger partial charge in [-0.05, 0) is 37.4 Å². The summed E-state index contributed by atoms with van der Waals surface area (Å²) in [7, 11) is 1.91. The summed E-state index contributed by atoms with van der Waals surface area (Å²) >= 11 is 0. The third kappa shape index (κ3) is 2.36. The van der Waals surface area contributed by atoms with Gasteiger partial charge in [0.2, 0.25) is 0 Å². The molecule has 0 heterocycles. The number of allylic oxidation sites excluding steroid dienone is 1. The van der Waals surface area contributed by atoms with Crippen molar-refractivity contribution in [2.45, 2.75) is 6.92 Å². The van der Waals surface area contributed by atoms with Gasteiger partial charge in [-0.1, -0.05) is 6.08 Å². The van der Waals surface area contributed by atoms with Crippen LogP contribution in [0, 0.1) is 0 Å². The Labute approximate surface area is 83.3 Å². The van der Waals surface area contributed by atoms with Crippen molar-refractivity contribution in [1.29, 1.82) is 0 Å². The summed E-state index contributed by atoms with van der Waals surface area (Å²) in [5, 5.41) is 8.69. The predicted molar refractivity (Wildman–Crippen MR) is 56.6 cm³/mol. The Bertz CT molecular complexity index is 341. The molecule has 1 N–H and O–H groups in total. The third-order valence-electron chi connectivity index (χ3n) is 1.89. The highest BCUT2D eigenvalue weighted by Crippen LogP contribution is 2.13. The van der Waals surface area contributed by atoms with Crippen LogP contribution in [0.5, 0.6) is 0 Å². The van der Waals surface area contributed by atoms with Crippen molar-refractivity contribution in [3.63, 3.8) is 0 Å². The number of nitrogens with zero attached hydrogens (tertiary/aromatic N) is 1. The number of rotatable bonds is 3. The van der Waals surface area contributed by atoms with Crippen LogP contribution in [0.4, 0.5) is 5.69 Å². The van der Waals surface area contributed by atoms with Crippen LogP contribution < -0.4 is 4.90 Å². The van der Waals surface area contributed by atoms with E-state index >= 15 is 0 Å². The van der Waals surface area contributed by atoms with E-state index in [-0.39, 0.29) is 0 Å². The average molecular weight is 191 g/mol. The van der Waals surface area contributed by atoms with E-state index in [0.717, 1.165) is 5.69 Å². The number of hydrogen-bond acceptors (Lipinski definition) is 2. The van der Waals surface area contributed by atoms with Crippen LogP contribution in [0.3, 0.4) is 0 Å². The zero-order chi connectivity index (χ0) is 10.6. The van der Waals surface area contributed by atoms with Gasteiger partial charge >= 0.3 is 5.97 Å². The molecule has 0 saturated heterocycles. The van der Waals surface area contributed by atoms with Crippen molar-refractivity contribution in [2.75, 3.05) is 11.9 Å². The Hall–Kier alpha value is -1.77. The highest BCUT2D eigenvalue weighted by atomic mass is 16.4. The molecule has 0 aliphatic rings. The molecule has 0 unspecified atom stereocenters. The van der Waals surface area contributed by atoms with Crippen molar-refractivity contribution >= 4 is 11.7 Å². The Kier molecular flexibility index (Phi) is 3.29. The van der Waals surface area contributed by atoms with Gasteiger partial charge in [0.05, 0.1) is 5.56 Å². The molecule has 0 aliphatic heterocycles. The first-order chi connectivity index (χ1) is 6.65. The first-order valence-electron chi connectivity index (χ1n) is 4.34. The molecule has 0 atom stereocenters. The van der Waals surface area contributed by atoms with Crippen molar-refractivity contribution in [2.24, 2.45) is 0 Å². The molecule has 0 amide bonds. The van der Waals surface area contributed by atoms with Crippen LogP contribution in [-0.4, -0.2) is 18.1 Å². The lowest BCUT2D eigenvalue weighted by molar-refractivity contribution is 0.0697. The molecule has 74 valence electrons. The van der Waals surface area contributed by atoms with Gasteiger partial charge in [-0.2, -0.15) is 0 Å². The first kappa shape index (κ1) is 10.3. The number of aromatic carboxylic acids is 1. The Morgan fingerprint density at radius 2 is 1.93 bits per heavy atom. The maximum absolute atomic E-state index is 10.6. The largest absolute Gasteiger partial charge is 0.478 e. The van der Waals surface area contributed by atoms with Crippen LogP contribution >= 0.6 is 0 Å². The molecule has 1 aromatic rings. The fourth-order valence-electron chi connectivity index (χ4n) is 1.15. The number of carboxylic acid groups (broad SMARTS) is 1. The van der Waals surface area contributed by atoms with E-state index in [1.807, 2.05) is 31.1 Å². The highest BCUT2D eigenvalue weighted by Gasteiger charge is 2.02. The van der Waals surface area contributed by atoms with Crippen molar-refractivity contribution in [3.8, 4) is 0 Å². The Morgan fingerprint density at radius 3 is 2.36 bits per heavy atom. The van der Waals surface area contributed by atoms with Crippen LogP contribution in [0.15, 0.2) is 36.5 Å². The normalized spacial score (nSPS) is 10.4. The van der Waals surface area contributed by atoms with Crippen LogP contribution in [0.2, 0.25) is 0 Å².